The smallest absolute Gasteiger partial charge is 0.257 e. The highest BCUT2D eigenvalue weighted by atomic mass is 32.2. The van der Waals surface area contributed by atoms with Crippen molar-refractivity contribution in [1.82, 2.24) is 19.0 Å². The van der Waals surface area contributed by atoms with Crippen LogP contribution in [0.1, 0.15) is 16.1 Å². The Bertz CT molecular complexity index is 950. The van der Waals surface area contributed by atoms with Gasteiger partial charge in [-0.1, -0.05) is 0 Å². The molecule has 1 aliphatic rings. The zero-order valence-corrected chi connectivity index (χ0v) is 15.1. The maximum Gasteiger partial charge on any atom is 0.257 e. The van der Waals surface area contributed by atoms with Crippen molar-refractivity contribution < 1.29 is 22.0 Å². The van der Waals surface area contributed by atoms with Gasteiger partial charge in [-0.3, -0.25) is 9.48 Å². The first kappa shape index (κ1) is 18.5. The molecule has 1 fully saturated rings. The Labute approximate surface area is 149 Å². The third-order valence-corrected chi connectivity index (χ3v) is 6.44. The molecule has 0 saturated carbocycles. The number of benzene rings is 1. The number of nitrogens with zero attached hydrogens (tertiary/aromatic N) is 4. The lowest BCUT2D eigenvalue weighted by Gasteiger charge is -2.34. The second-order valence-electron chi connectivity index (χ2n) is 6.04. The number of halogens is 2. The van der Waals surface area contributed by atoms with Gasteiger partial charge < -0.3 is 4.90 Å². The molecule has 1 aromatic carbocycles. The van der Waals surface area contributed by atoms with Crippen molar-refractivity contribution in [2.75, 3.05) is 26.2 Å². The summed E-state index contributed by atoms with van der Waals surface area (Å²) < 4.78 is 54.7. The van der Waals surface area contributed by atoms with E-state index >= 15 is 0 Å². The highest BCUT2D eigenvalue weighted by molar-refractivity contribution is 7.89. The summed E-state index contributed by atoms with van der Waals surface area (Å²) in [5, 5.41) is 4.03. The van der Waals surface area contributed by atoms with Crippen molar-refractivity contribution in [1.29, 1.82) is 0 Å². The van der Waals surface area contributed by atoms with Crippen molar-refractivity contribution in [3.05, 3.63) is 47.3 Å². The largest absolute Gasteiger partial charge is 0.336 e. The van der Waals surface area contributed by atoms with Crippen molar-refractivity contribution in [2.24, 2.45) is 7.05 Å². The van der Waals surface area contributed by atoms with Crippen LogP contribution in [0.15, 0.2) is 29.3 Å². The van der Waals surface area contributed by atoms with Crippen molar-refractivity contribution in [3.63, 3.8) is 0 Å². The first-order chi connectivity index (χ1) is 12.2. The Morgan fingerprint density at radius 2 is 1.81 bits per heavy atom. The summed E-state index contributed by atoms with van der Waals surface area (Å²) >= 11 is 0. The number of carbonyl (C=O) groups excluding carboxylic acids is 1. The molecule has 0 N–H and O–H groups in total. The lowest BCUT2D eigenvalue weighted by Crippen LogP contribution is -2.50. The van der Waals surface area contributed by atoms with Crippen LogP contribution in [-0.4, -0.2) is 59.5 Å². The van der Waals surface area contributed by atoms with E-state index in [2.05, 4.69) is 5.10 Å². The Morgan fingerprint density at radius 1 is 1.15 bits per heavy atom. The van der Waals surface area contributed by atoms with Gasteiger partial charge in [0.25, 0.3) is 5.91 Å². The second kappa shape index (κ2) is 6.76. The predicted octanol–water partition coefficient (Wildman–Crippen LogP) is 1.15. The van der Waals surface area contributed by atoms with Crippen molar-refractivity contribution in [3.8, 4) is 0 Å². The zero-order valence-electron chi connectivity index (χ0n) is 14.3. The molecule has 10 heteroatoms. The molecule has 0 aliphatic carbocycles. The van der Waals surface area contributed by atoms with Gasteiger partial charge in [-0.05, 0) is 19.1 Å². The number of aromatic nitrogens is 2. The van der Waals surface area contributed by atoms with Gasteiger partial charge in [-0.2, -0.15) is 9.40 Å². The molecular weight excluding hydrogens is 366 g/mol. The summed E-state index contributed by atoms with van der Waals surface area (Å²) in [5.41, 5.74) is 1.19. The van der Waals surface area contributed by atoms with Crippen molar-refractivity contribution in [2.45, 2.75) is 11.8 Å². The number of hydrogen-bond donors (Lipinski definition) is 0. The molecule has 0 radical (unpaired) electrons. The minimum Gasteiger partial charge on any atom is -0.336 e. The summed E-state index contributed by atoms with van der Waals surface area (Å²) in [6.45, 7) is 2.19. The van der Waals surface area contributed by atoms with Gasteiger partial charge >= 0.3 is 0 Å². The van der Waals surface area contributed by atoms with Crippen LogP contribution < -0.4 is 0 Å². The van der Waals surface area contributed by atoms with Gasteiger partial charge in [0.05, 0.1) is 11.8 Å². The van der Waals surface area contributed by atoms with Crippen LogP contribution in [0.3, 0.4) is 0 Å². The van der Waals surface area contributed by atoms with Gasteiger partial charge in [-0.25, -0.2) is 17.2 Å². The molecule has 1 aromatic heterocycles. The third kappa shape index (κ3) is 3.21. The molecule has 0 spiro atoms. The quantitative estimate of drug-likeness (QED) is 0.796. The Kier molecular flexibility index (Phi) is 4.80. The maximum absolute atomic E-state index is 13.9. The van der Waals surface area contributed by atoms with Crippen LogP contribution in [0.4, 0.5) is 8.78 Å². The van der Waals surface area contributed by atoms with E-state index in [9.17, 15) is 22.0 Å². The van der Waals surface area contributed by atoms with E-state index in [-0.39, 0.29) is 32.1 Å². The van der Waals surface area contributed by atoms with Gasteiger partial charge in [0.2, 0.25) is 10.0 Å². The molecule has 3 rings (SSSR count). The molecule has 0 unspecified atom stereocenters. The number of hydrogen-bond acceptors (Lipinski definition) is 4. The van der Waals surface area contributed by atoms with Gasteiger partial charge in [0.1, 0.15) is 16.5 Å². The number of carbonyl (C=O) groups is 1. The molecule has 1 aliphatic heterocycles. The van der Waals surface area contributed by atoms with Gasteiger partial charge in [0.15, 0.2) is 0 Å². The fraction of sp³-hybridized carbons (Fsp3) is 0.375. The normalized spacial score (nSPS) is 16.1. The van der Waals surface area contributed by atoms with E-state index in [1.165, 1.54) is 11.1 Å². The van der Waals surface area contributed by atoms with Crippen LogP contribution in [0.2, 0.25) is 0 Å². The number of aryl methyl sites for hydroxylation is 1. The zero-order chi connectivity index (χ0) is 19.1. The Hall–Kier alpha value is -2.33. The Balaban J connectivity index is 1.73. The number of rotatable bonds is 3. The van der Waals surface area contributed by atoms with E-state index in [4.69, 9.17) is 0 Å². The highest BCUT2D eigenvalue weighted by Gasteiger charge is 2.32. The minimum absolute atomic E-state index is 0.0319. The van der Waals surface area contributed by atoms with Crippen molar-refractivity contribution >= 4 is 15.9 Å². The molecule has 1 saturated heterocycles. The first-order valence-corrected chi connectivity index (χ1v) is 9.39. The molecule has 7 nitrogen and oxygen atoms in total. The summed E-state index contributed by atoms with van der Waals surface area (Å²) in [7, 11) is -2.36. The number of piperazine rings is 1. The van der Waals surface area contributed by atoms with Crippen LogP contribution in [0.5, 0.6) is 0 Å². The van der Waals surface area contributed by atoms with Gasteiger partial charge in [-0.15, -0.1) is 0 Å². The lowest BCUT2D eigenvalue weighted by atomic mass is 10.2. The molecule has 2 aromatic rings. The average molecular weight is 384 g/mol. The fourth-order valence-electron chi connectivity index (χ4n) is 2.83. The highest BCUT2D eigenvalue weighted by Crippen LogP contribution is 2.22. The fourth-order valence-corrected chi connectivity index (χ4v) is 4.30. The summed E-state index contributed by atoms with van der Waals surface area (Å²) in [6, 6.07) is 2.36. The SMILES string of the molecule is Cc1c(C(=O)N2CCN(S(=O)(=O)c3ccc(F)cc3F)CC2)cnn1C. The van der Waals surface area contributed by atoms with Crippen LogP contribution in [-0.2, 0) is 17.1 Å². The molecule has 0 atom stereocenters. The molecule has 0 bridgehead atoms. The number of amides is 1. The standard InChI is InChI=1S/C16H18F2N4O3S/c1-11-13(10-19-20(11)2)16(23)21-5-7-22(8-6-21)26(24,25)15-4-3-12(17)9-14(15)18/h3-4,9-10H,5-8H2,1-2H3. The summed E-state index contributed by atoms with van der Waals surface area (Å²) in [4.78, 5) is 13.5. The molecular formula is C16H18F2N4O3S. The monoisotopic (exact) mass is 384 g/mol. The molecule has 2 heterocycles. The van der Waals surface area contributed by atoms with Crippen LogP contribution in [0, 0.1) is 18.6 Å². The van der Waals surface area contributed by atoms with E-state index < -0.39 is 26.6 Å². The molecule has 1 amide bonds. The summed E-state index contributed by atoms with van der Waals surface area (Å²) in [6.07, 6.45) is 1.48. The van der Waals surface area contributed by atoms with Crippen LogP contribution >= 0.6 is 0 Å². The number of sulfonamides is 1. The average Bonchev–Trinajstić information content (AvgIpc) is 2.93. The van der Waals surface area contributed by atoms with E-state index in [0.717, 1.165) is 22.1 Å². The lowest BCUT2D eigenvalue weighted by molar-refractivity contribution is 0.0697. The topological polar surface area (TPSA) is 75.5 Å². The van der Waals surface area contributed by atoms with Crippen LogP contribution in [0.25, 0.3) is 0 Å². The Morgan fingerprint density at radius 3 is 2.35 bits per heavy atom. The summed E-state index contributed by atoms with van der Waals surface area (Å²) in [5.74, 6) is -2.20. The predicted molar refractivity (Wildman–Crippen MR) is 89.0 cm³/mol. The maximum atomic E-state index is 13.9. The van der Waals surface area contributed by atoms with E-state index in [0.29, 0.717) is 11.6 Å². The molecule has 26 heavy (non-hydrogen) atoms. The van der Waals surface area contributed by atoms with Gasteiger partial charge in [0, 0.05) is 45.0 Å². The third-order valence-electron chi connectivity index (χ3n) is 4.50. The second-order valence-corrected chi connectivity index (χ2v) is 7.94. The minimum atomic E-state index is -4.09. The van der Waals surface area contributed by atoms with E-state index in [1.807, 2.05) is 0 Å². The first-order valence-electron chi connectivity index (χ1n) is 7.95. The van der Waals surface area contributed by atoms with E-state index in [1.54, 1.807) is 18.7 Å². The molecule has 140 valence electrons.